The van der Waals surface area contributed by atoms with E-state index in [0.717, 1.165) is 11.1 Å². The first-order valence-corrected chi connectivity index (χ1v) is 8.41. The normalized spacial score (nSPS) is 11.1. The predicted molar refractivity (Wildman–Crippen MR) is 107 cm³/mol. The molecule has 2 aromatic carbocycles. The van der Waals surface area contributed by atoms with Gasteiger partial charge in [0.2, 0.25) is 0 Å². The fraction of sp³-hybridized carbons (Fsp3) is 0.0455. The second kappa shape index (κ2) is 8.10. The number of allylic oxidation sites excluding steroid dienone is 2. The molecule has 1 heterocycles. The summed E-state index contributed by atoms with van der Waals surface area (Å²) in [4.78, 5) is 21.5. The number of anilines is 1. The van der Waals surface area contributed by atoms with Gasteiger partial charge in [-0.25, -0.2) is 9.97 Å². The number of benzene rings is 2. The van der Waals surface area contributed by atoms with E-state index in [1.54, 1.807) is 49.5 Å². The lowest BCUT2D eigenvalue weighted by atomic mass is 10.1. The molecule has 134 valence electrons. The van der Waals surface area contributed by atoms with Crippen LogP contribution >= 0.6 is 0 Å². The zero-order valence-corrected chi connectivity index (χ0v) is 14.9. The number of aromatic nitrogens is 2. The monoisotopic (exact) mass is 357 g/mol. The molecule has 1 amide bonds. The Balaban J connectivity index is 2.07. The number of amides is 1. The van der Waals surface area contributed by atoms with Gasteiger partial charge >= 0.3 is 0 Å². The molecule has 0 saturated heterocycles. The number of phenols is 1. The lowest BCUT2D eigenvalue weighted by Gasteiger charge is -2.12. The van der Waals surface area contributed by atoms with E-state index in [2.05, 4.69) is 16.9 Å². The van der Waals surface area contributed by atoms with Crippen LogP contribution in [-0.4, -0.2) is 21.0 Å². The molecule has 0 aliphatic rings. The van der Waals surface area contributed by atoms with E-state index < -0.39 is 0 Å². The number of hydrogen-bond acceptors (Lipinski definition) is 4. The van der Waals surface area contributed by atoms with Crippen molar-refractivity contribution in [1.29, 1.82) is 0 Å². The van der Waals surface area contributed by atoms with Gasteiger partial charge in [-0.1, -0.05) is 49.1 Å². The van der Waals surface area contributed by atoms with E-state index in [0.29, 0.717) is 22.8 Å². The minimum absolute atomic E-state index is 0.154. The van der Waals surface area contributed by atoms with Crippen LogP contribution in [0, 0.1) is 0 Å². The molecule has 0 saturated carbocycles. The SMILES string of the molecule is C=C/C=C(\C)C(=O)Nc1ncc(-c2ccccc2)nc1-c1ccc(O)cc1. The topological polar surface area (TPSA) is 75.1 Å². The van der Waals surface area contributed by atoms with Crippen molar-refractivity contribution in [1.82, 2.24) is 9.97 Å². The average molecular weight is 357 g/mol. The van der Waals surface area contributed by atoms with Gasteiger partial charge in [-0.3, -0.25) is 4.79 Å². The molecule has 0 unspecified atom stereocenters. The van der Waals surface area contributed by atoms with Gasteiger partial charge in [0.25, 0.3) is 5.91 Å². The summed E-state index contributed by atoms with van der Waals surface area (Å²) in [7, 11) is 0. The smallest absolute Gasteiger partial charge is 0.252 e. The molecule has 0 aliphatic carbocycles. The molecular weight excluding hydrogens is 338 g/mol. The maximum Gasteiger partial charge on any atom is 0.252 e. The van der Waals surface area contributed by atoms with Crippen molar-refractivity contribution in [2.75, 3.05) is 5.32 Å². The Labute approximate surface area is 157 Å². The van der Waals surface area contributed by atoms with Crippen LogP contribution in [-0.2, 0) is 4.79 Å². The van der Waals surface area contributed by atoms with E-state index in [9.17, 15) is 9.90 Å². The molecule has 0 spiro atoms. The van der Waals surface area contributed by atoms with E-state index in [1.807, 2.05) is 30.3 Å². The van der Waals surface area contributed by atoms with E-state index in [4.69, 9.17) is 4.98 Å². The van der Waals surface area contributed by atoms with Crippen molar-refractivity contribution in [3.05, 3.63) is 85.1 Å². The number of carbonyl (C=O) groups is 1. The maximum atomic E-state index is 12.4. The summed E-state index contributed by atoms with van der Waals surface area (Å²) in [6, 6.07) is 16.3. The van der Waals surface area contributed by atoms with Crippen LogP contribution in [0.2, 0.25) is 0 Å². The summed E-state index contributed by atoms with van der Waals surface area (Å²) in [5.41, 5.74) is 3.38. The van der Waals surface area contributed by atoms with Crippen LogP contribution in [0.5, 0.6) is 5.75 Å². The lowest BCUT2D eigenvalue weighted by molar-refractivity contribution is -0.112. The zero-order valence-electron chi connectivity index (χ0n) is 14.9. The number of nitrogens with zero attached hydrogens (tertiary/aromatic N) is 2. The molecule has 0 radical (unpaired) electrons. The van der Waals surface area contributed by atoms with Crippen LogP contribution in [0.15, 0.2) is 85.1 Å². The molecule has 0 atom stereocenters. The number of rotatable bonds is 5. The van der Waals surface area contributed by atoms with E-state index >= 15 is 0 Å². The Bertz CT molecular complexity index is 994. The molecular formula is C22H19N3O2. The standard InChI is InChI=1S/C22H19N3O2/c1-3-7-15(2)22(27)25-21-20(17-10-12-18(26)13-11-17)24-19(14-23-21)16-8-5-4-6-9-16/h3-14,26H,1H2,2H3,(H,23,25,27)/b15-7+. The van der Waals surface area contributed by atoms with Gasteiger partial charge in [0, 0.05) is 16.7 Å². The van der Waals surface area contributed by atoms with Gasteiger partial charge in [-0.05, 0) is 31.2 Å². The van der Waals surface area contributed by atoms with Crippen molar-refractivity contribution >= 4 is 11.7 Å². The van der Waals surface area contributed by atoms with Gasteiger partial charge in [-0.15, -0.1) is 0 Å². The third-order valence-corrected chi connectivity index (χ3v) is 3.94. The van der Waals surface area contributed by atoms with Crippen LogP contribution in [0.4, 0.5) is 5.82 Å². The first-order chi connectivity index (χ1) is 13.1. The number of phenolic OH excluding ortho intramolecular Hbond substituents is 1. The van der Waals surface area contributed by atoms with Crippen molar-refractivity contribution in [2.45, 2.75) is 6.92 Å². The fourth-order valence-electron chi connectivity index (χ4n) is 2.51. The fourth-order valence-corrected chi connectivity index (χ4v) is 2.51. The lowest BCUT2D eigenvalue weighted by Crippen LogP contribution is -2.15. The van der Waals surface area contributed by atoms with Crippen LogP contribution < -0.4 is 5.32 Å². The van der Waals surface area contributed by atoms with Gasteiger partial charge < -0.3 is 10.4 Å². The van der Waals surface area contributed by atoms with Gasteiger partial charge in [0.15, 0.2) is 5.82 Å². The Morgan fingerprint density at radius 1 is 1.07 bits per heavy atom. The van der Waals surface area contributed by atoms with E-state index in [-0.39, 0.29) is 11.7 Å². The zero-order chi connectivity index (χ0) is 19.2. The van der Waals surface area contributed by atoms with Crippen LogP contribution in [0.1, 0.15) is 6.92 Å². The molecule has 1 aromatic heterocycles. The first kappa shape index (κ1) is 18.1. The quantitative estimate of drug-likeness (QED) is 0.517. The molecule has 3 aromatic rings. The van der Waals surface area contributed by atoms with Crippen molar-refractivity contribution in [3.8, 4) is 28.3 Å². The molecule has 27 heavy (non-hydrogen) atoms. The second-order valence-corrected chi connectivity index (χ2v) is 5.90. The third kappa shape index (κ3) is 4.27. The van der Waals surface area contributed by atoms with Crippen molar-refractivity contribution < 1.29 is 9.90 Å². The Morgan fingerprint density at radius 3 is 2.44 bits per heavy atom. The minimum atomic E-state index is -0.281. The Morgan fingerprint density at radius 2 is 1.78 bits per heavy atom. The summed E-state index contributed by atoms with van der Waals surface area (Å²) < 4.78 is 0. The van der Waals surface area contributed by atoms with Gasteiger partial charge in [0.1, 0.15) is 11.4 Å². The van der Waals surface area contributed by atoms with Crippen molar-refractivity contribution in [3.63, 3.8) is 0 Å². The number of carbonyl (C=O) groups excluding carboxylic acids is 1. The molecule has 0 fully saturated rings. The molecule has 2 N–H and O–H groups in total. The molecule has 5 heteroatoms. The third-order valence-electron chi connectivity index (χ3n) is 3.94. The second-order valence-electron chi connectivity index (χ2n) is 5.90. The highest BCUT2D eigenvalue weighted by Crippen LogP contribution is 2.29. The summed E-state index contributed by atoms with van der Waals surface area (Å²) in [6.07, 6.45) is 4.81. The molecule has 5 nitrogen and oxygen atoms in total. The highest BCUT2D eigenvalue weighted by Gasteiger charge is 2.14. The molecule has 3 rings (SSSR count). The van der Waals surface area contributed by atoms with Gasteiger partial charge in [0.05, 0.1) is 11.9 Å². The van der Waals surface area contributed by atoms with Crippen molar-refractivity contribution in [2.24, 2.45) is 0 Å². The van der Waals surface area contributed by atoms with Crippen LogP contribution in [0.25, 0.3) is 22.5 Å². The largest absolute Gasteiger partial charge is 0.508 e. The summed E-state index contributed by atoms with van der Waals surface area (Å²) >= 11 is 0. The summed E-state index contributed by atoms with van der Waals surface area (Å²) in [6.45, 7) is 5.30. The van der Waals surface area contributed by atoms with Gasteiger partial charge in [-0.2, -0.15) is 0 Å². The number of nitrogens with one attached hydrogen (secondary N) is 1. The number of aromatic hydroxyl groups is 1. The minimum Gasteiger partial charge on any atom is -0.508 e. The average Bonchev–Trinajstić information content (AvgIpc) is 2.70. The molecule has 0 aliphatic heterocycles. The Kier molecular flexibility index (Phi) is 5.42. The summed E-state index contributed by atoms with van der Waals surface area (Å²) in [5.74, 6) is 0.222. The highest BCUT2D eigenvalue weighted by atomic mass is 16.3. The number of hydrogen-bond donors (Lipinski definition) is 2. The Hall–Kier alpha value is -3.73. The summed E-state index contributed by atoms with van der Waals surface area (Å²) in [5, 5.41) is 12.4. The van der Waals surface area contributed by atoms with Crippen LogP contribution in [0.3, 0.4) is 0 Å². The first-order valence-electron chi connectivity index (χ1n) is 8.41. The molecule has 0 bridgehead atoms. The van der Waals surface area contributed by atoms with E-state index in [1.165, 1.54) is 0 Å². The highest BCUT2D eigenvalue weighted by molar-refractivity contribution is 6.04. The maximum absolute atomic E-state index is 12.4. The predicted octanol–water partition coefficient (Wildman–Crippen LogP) is 4.59.